The lowest BCUT2D eigenvalue weighted by atomic mass is 10.0. The summed E-state index contributed by atoms with van der Waals surface area (Å²) in [7, 11) is -4.37. The Hall–Kier alpha value is -1.77. The standard InChI is InChI=1S/C40H74NO8P/c1-3-5-7-9-11-13-15-17-19-21-23-25-27-29-31-33-40(43)49-38(37-48-50(44,45)47-35-34-41)36-46-39(42)32-30-28-26-24-22-20-18-16-14-12-10-8-6-4-2/h5,7,11,13,17,19,38H,3-4,6,8-10,12,14-16,18,20-37,41H2,1-2H3,(H,44,45)/b7-5-,13-11-,19-17-. The molecule has 50 heavy (non-hydrogen) atoms. The predicted molar refractivity (Wildman–Crippen MR) is 206 cm³/mol. The summed E-state index contributed by atoms with van der Waals surface area (Å²) >= 11 is 0. The molecule has 0 aromatic heterocycles. The molecule has 0 aliphatic heterocycles. The Morgan fingerprint density at radius 3 is 1.64 bits per heavy atom. The maximum absolute atomic E-state index is 12.5. The van der Waals surface area contributed by atoms with Crippen molar-refractivity contribution in [2.75, 3.05) is 26.4 Å². The van der Waals surface area contributed by atoms with Gasteiger partial charge in [-0.2, -0.15) is 0 Å². The number of carbonyl (C=O) groups is 2. The van der Waals surface area contributed by atoms with Gasteiger partial charge in [0.25, 0.3) is 0 Å². The highest BCUT2D eigenvalue weighted by molar-refractivity contribution is 7.47. The first kappa shape index (κ1) is 48.2. The average molecular weight is 728 g/mol. The molecule has 9 nitrogen and oxygen atoms in total. The van der Waals surface area contributed by atoms with Crippen LogP contribution < -0.4 is 5.73 Å². The lowest BCUT2D eigenvalue weighted by molar-refractivity contribution is -0.161. The Kier molecular flexibility index (Phi) is 35.7. The second kappa shape index (κ2) is 37.0. The second-order valence-corrected chi connectivity index (χ2v) is 14.6. The number of phosphoric acid groups is 1. The van der Waals surface area contributed by atoms with Gasteiger partial charge in [-0.05, 0) is 44.9 Å². The highest BCUT2D eigenvalue weighted by atomic mass is 31.2. The summed E-state index contributed by atoms with van der Waals surface area (Å²) in [6.07, 6.45) is 38.8. The minimum absolute atomic E-state index is 0.0505. The molecule has 0 fully saturated rings. The van der Waals surface area contributed by atoms with Crippen LogP contribution in [0.3, 0.4) is 0 Å². The molecule has 0 saturated carbocycles. The number of rotatable bonds is 37. The lowest BCUT2D eigenvalue weighted by Gasteiger charge is -2.19. The van der Waals surface area contributed by atoms with Crippen LogP contribution in [0.2, 0.25) is 0 Å². The maximum Gasteiger partial charge on any atom is 0.472 e. The Morgan fingerprint density at radius 2 is 1.10 bits per heavy atom. The molecule has 10 heteroatoms. The third-order valence-corrected chi connectivity index (χ3v) is 9.27. The van der Waals surface area contributed by atoms with Gasteiger partial charge in [-0.25, -0.2) is 4.57 Å². The summed E-state index contributed by atoms with van der Waals surface area (Å²) in [5.74, 6) is -0.846. The Balaban J connectivity index is 4.22. The molecular weight excluding hydrogens is 653 g/mol. The van der Waals surface area contributed by atoms with Crippen molar-refractivity contribution in [3.63, 3.8) is 0 Å². The zero-order valence-corrected chi connectivity index (χ0v) is 32.8. The van der Waals surface area contributed by atoms with Crippen LogP contribution in [-0.4, -0.2) is 49.3 Å². The first-order valence-electron chi connectivity index (χ1n) is 20.0. The molecule has 292 valence electrons. The van der Waals surface area contributed by atoms with Gasteiger partial charge in [-0.3, -0.25) is 18.6 Å². The molecule has 2 unspecified atom stereocenters. The molecule has 0 radical (unpaired) electrons. The fraction of sp³-hybridized carbons (Fsp3) is 0.800. The molecule has 3 N–H and O–H groups in total. The van der Waals surface area contributed by atoms with Crippen molar-refractivity contribution in [3.05, 3.63) is 36.5 Å². The Morgan fingerprint density at radius 1 is 0.620 bits per heavy atom. The molecule has 0 aliphatic rings. The van der Waals surface area contributed by atoms with Gasteiger partial charge in [0.1, 0.15) is 6.61 Å². The van der Waals surface area contributed by atoms with Gasteiger partial charge in [0.2, 0.25) is 0 Å². The number of hydrogen-bond donors (Lipinski definition) is 2. The first-order valence-corrected chi connectivity index (χ1v) is 21.5. The van der Waals surface area contributed by atoms with E-state index in [0.29, 0.717) is 6.42 Å². The van der Waals surface area contributed by atoms with E-state index in [9.17, 15) is 19.0 Å². The number of allylic oxidation sites excluding steroid dienone is 6. The molecule has 0 bridgehead atoms. The van der Waals surface area contributed by atoms with E-state index in [0.717, 1.165) is 70.6 Å². The summed E-state index contributed by atoms with van der Waals surface area (Å²) in [6.45, 7) is 3.60. The van der Waals surface area contributed by atoms with Crippen molar-refractivity contribution >= 4 is 19.8 Å². The van der Waals surface area contributed by atoms with Crippen molar-refractivity contribution in [2.45, 2.75) is 180 Å². The van der Waals surface area contributed by atoms with E-state index in [1.807, 2.05) is 0 Å². The third-order valence-electron chi connectivity index (χ3n) is 8.29. The number of unbranched alkanes of at least 4 members (excludes halogenated alkanes) is 18. The minimum atomic E-state index is -4.37. The highest BCUT2D eigenvalue weighted by Crippen LogP contribution is 2.43. The van der Waals surface area contributed by atoms with Crippen LogP contribution in [0.1, 0.15) is 174 Å². The zero-order valence-electron chi connectivity index (χ0n) is 31.9. The second-order valence-electron chi connectivity index (χ2n) is 13.1. The van der Waals surface area contributed by atoms with Crippen molar-refractivity contribution in [3.8, 4) is 0 Å². The van der Waals surface area contributed by atoms with E-state index in [1.54, 1.807) is 0 Å². The summed E-state index contributed by atoms with van der Waals surface area (Å²) in [5.41, 5.74) is 5.33. The lowest BCUT2D eigenvalue weighted by Crippen LogP contribution is -2.29. The summed E-state index contributed by atoms with van der Waals surface area (Å²) in [6, 6.07) is 0. The van der Waals surface area contributed by atoms with E-state index < -0.39 is 26.5 Å². The van der Waals surface area contributed by atoms with Gasteiger partial charge in [0, 0.05) is 19.4 Å². The summed E-state index contributed by atoms with van der Waals surface area (Å²) in [5, 5.41) is 0. The van der Waals surface area contributed by atoms with Gasteiger partial charge < -0.3 is 20.1 Å². The number of nitrogens with two attached hydrogens (primary N) is 1. The maximum atomic E-state index is 12.5. The van der Waals surface area contributed by atoms with Crippen LogP contribution in [0.5, 0.6) is 0 Å². The van der Waals surface area contributed by atoms with E-state index >= 15 is 0 Å². The van der Waals surface area contributed by atoms with Gasteiger partial charge in [0.15, 0.2) is 6.10 Å². The fourth-order valence-electron chi connectivity index (χ4n) is 5.35. The van der Waals surface area contributed by atoms with Crippen molar-refractivity contribution < 1.29 is 37.6 Å². The van der Waals surface area contributed by atoms with E-state index in [1.165, 1.54) is 70.6 Å². The minimum Gasteiger partial charge on any atom is -0.462 e. The summed E-state index contributed by atoms with van der Waals surface area (Å²) in [4.78, 5) is 34.8. The monoisotopic (exact) mass is 728 g/mol. The van der Waals surface area contributed by atoms with Crippen LogP contribution >= 0.6 is 7.82 Å². The first-order chi connectivity index (χ1) is 24.3. The van der Waals surface area contributed by atoms with Crippen LogP contribution in [-0.2, 0) is 32.7 Å². The fourth-order valence-corrected chi connectivity index (χ4v) is 6.12. The Bertz CT molecular complexity index is 923. The Labute approximate surface area is 305 Å². The number of carbonyl (C=O) groups excluding carboxylic acids is 2. The molecule has 0 aliphatic carbocycles. The highest BCUT2D eigenvalue weighted by Gasteiger charge is 2.25. The van der Waals surface area contributed by atoms with Crippen LogP contribution in [0.15, 0.2) is 36.5 Å². The van der Waals surface area contributed by atoms with Crippen LogP contribution in [0, 0.1) is 0 Å². The predicted octanol–water partition coefficient (Wildman–Crippen LogP) is 11.0. The molecule has 0 amide bonds. The number of phosphoric ester groups is 1. The quantitative estimate of drug-likeness (QED) is 0.0277. The molecule has 2 atom stereocenters. The topological polar surface area (TPSA) is 134 Å². The molecule has 0 aromatic carbocycles. The van der Waals surface area contributed by atoms with Crippen molar-refractivity contribution in [1.29, 1.82) is 0 Å². The SMILES string of the molecule is CC/C=C\C/C=C\C/C=C\CCCCCCCC(=O)OC(COC(=O)CCCCCCCCCCCCCCCC)COP(=O)(O)OCCN. The normalized spacial score (nSPS) is 13.8. The smallest absolute Gasteiger partial charge is 0.462 e. The molecule has 0 spiro atoms. The number of ether oxygens (including phenoxy) is 2. The molecule has 0 aromatic rings. The number of esters is 2. The number of hydrogen-bond acceptors (Lipinski definition) is 8. The van der Waals surface area contributed by atoms with Gasteiger partial charge >= 0.3 is 19.8 Å². The van der Waals surface area contributed by atoms with Crippen LogP contribution in [0.25, 0.3) is 0 Å². The molecule has 0 saturated heterocycles. The van der Waals surface area contributed by atoms with Crippen molar-refractivity contribution in [1.82, 2.24) is 0 Å². The van der Waals surface area contributed by atoms with Gasteiger partial charge in [-0.15, -0.1) is 0 Å². The van der Waals surface area contributed by atoms with E-state index in [2.05, 4.69) is 50.3 Å². The van der Waals surface area contributed by atoms with Crippen LogP contribution in [0.4, 0.5) is 0 Å². The molecule has 0 heterocycles. The summed E-state index contributed by atoms with van der Waals surface area (Å²) < 4.78 is 32.7. The third kappa shape index (κ3) is 36.0. The van der Waals surface area contributed by atoms with E-state index in [4.69, 9.17) is 24.3 Å². The zero-order chi connectivity index (χ0) is 36.8. The van der Waals surface area contributed by atoms with E-state index in [-0.39, 0.29) is 38.6 Å². The molecular formula is C40H74NO8P. The molecule has 0 rings (SSSR count). The largest absolute Gasteiger partial charge is 0.472 e. The van der Waals surface area contributed by atoms with Gasteiger partial charge in [0.05, 0.1) is 13.2 Å². The van der Waals surface area contributed by atoms with Crippen molar-refractivity contribution in [2.24, 2.45) is 5.73 Å². The van der Waals surface area contributed by atoms with Gasteiger partial charge in [-0.1, -0.05) is 153 Å². The average Bonchev–Trinajstić information content (AvgIpc) is 3.10.